The number of pyridine rings is 3. The van der Waals surface area contributed by atoms with Crippen LogP contribution in [-0.4, -0.2) is 15.0 Å². The fourth-order valence-corrected chi connectivity index (χ4v) is 5.71. The van der Waals surface area contributed by atoms with Crippen molar-refractivity contribution >= 4 is 43.4 Å². The van der Waals surface area contributed by atoms with Gasteiger partial charge in [0.1, 0.15) is 0 Å². The van der Waals surface area contributed by atoms with E-state index in [0.717, 1.165) is 49.9 Å². The summed E-state index contributed by atoms with van der Waals surface area (Å²) >= 11 is 0. The van der Waals surface area contributed by atoms with Crippen molar-refractivity contribution in [2.75, 3.05) is 0 Å². The zero-order valence-corrected chi connectivity index (χ0v) is 21.6. The van der Waals surface area contributed by atoms with E-state index in [4.69, 9.17) is 9.97 Å². The van der Waals surface area contributed by atoms with E-state index in [9.17, 15) is 0 Å². The van der Waals surface area contributed by atoms with Gasteiger partial charge in [0.25, 0.3) is 0 Å². The van der Waals surface area contributed by atoms with E-state index < -0.39 is 0 Å². The van der Waals surface area contributed by atoms with Gasteiger partial charge in [0.05, 0.1) is 22.4 Å². The van der Waals surface area contributed by atoms with E-state index in [1.54, 1.807) is 12.4 Å². The van der Waals surface area contributed by atoms with Crippen molar-refractivity contribution in [2.45, 2.75) is 0 Å². The van der Waals surface area contributed by atoms with E-state index in [0.29, 0.717) is 0 Å². The van der Waals surface area contributed by atoms with Gasteiger partial charge in [0, 0.05) is 34.3 Å². The Labute approximate surface area is 231 Å². The summed E-state index contributed by atoms with van der Waals surface area (Å²) in [5, 5.41) is 7.22. The van der Waals surface area contributed by atoms with Crippen LogP contribution in [0.5, 0.6) is 0 Å². The number of aromatic nitrogens is 3. The molecule has 0 N–H and O–H groups in total. The largest absolute Gasteiger partial charge is 0.265 e. The molecular weight excluding hydrogens is 486 g/mol. The lowest BCUT2D eigenvalue weighted by atomic mass is 9.95. The van der Waals surface area contributed by atoms with Crippen LogP contribution in [0.2, 0.25) is 0 Å². The first-order chi connectivity index (χ1) is 19.8. The Morgan fingerprint density at radius 3 is 1.70 bits per heavy atom. The van der Waals surface area contributed by atoms with Gasteiger partial charge in [-0.15, -0.1) is 0 Å². The van der Waals surface area contributed by atoms with E-state index >= 15 is 0 Å². The van der Waals surface area contributed by atoms with Crippen molar-refractivity contribution in [1.29, 1.82) is 0 Å². The summed E-state index contributed by atoms with van der Waals surface area (Å²) in [7, 11) is 0. The minimum Gasteiger partial charge on any atom is -0.265 e. The molecule has 0 fully saturated rings. The Balaban J connectivity index is 1.18. The number of fused-ring (bicyclic) bond motifs is 5. The molecule has 0 unspecified atom stereocenters. The minimum absolute atomic E-state index is 0.953. The third-order valence-corrected chi connectivity index (χ3v) is 7.73. The van der Waals surface area contributed by atoms with Crippen LogP contribution in [-0.2, 0) is 0 Å². The highest BCUT2D eigenvalue weighted by molar-refractivity contribution is 6.13. The van der Waals surface area contributed by atoms with Gasteiger partial charge in [-0.25, -0.2) is 9.97 Å². The Hall–Kier alpha value is -5.41. The van der Waals surface area contributed by atoms with E-state index in [1.165, 1.54) is 27.1 Å². The van der Waals surface area contributed by atoms with Gasteiger partial charge in [-0.2, -0.15) is 0 Å². The molecule has 0 saturated carbocycles. The van der Waals surface area contributed by atoms with Crippen LogP contribution >= 0.6 is 0 Å². The van der Waals surface area contributed by atoms with Gasteiger partial charge < -0.3 is 0 Å². The number of hydrogen-bond acceptors (Lipinski definition) is 3. The first-order valence-electron chi connectivity index (χ1n) is 13.4. The molecule has 3 nitrogen and oxygen atoms in total. The lowest BCUT2D eigenvalue weighted by Gasteiger charge is -2.12. The molecule has 0 aliphatic heterocycles. The zero-order chi connectivity index (χ0) is 26.5. The first-order valence-corrected chi connectivity index (χ1v) is 13.4. The molecule has 3 heterocycles. The Morgan fingerprint density at radius 1 is 0.375 bits per heavy atom. The summed E-state index contributed by atoms with van der Waals surface area (Å²) in [6, 6.07) is 45.0. The van der Waals surface area contributed by atoms with Crippen LogP contribution in [0.15, 0.2) is 140 Å². The predicted molar refractivity (Wildman–Crippen MR) is 166 cm³/mol. The van der Waals surface area contributed by atoms with Crippen LogP contribution < -0.4 is 0 Å². The molecule has 0 saturated heterocycles. The standard InChI is InChI=1S/C37H23N3/c1-2-6-30-27(5-1)23-33(32-8-4-3-7-31(30)32)37-16-12-29-22-26(10-14-36(29)40-37)25-9-13-35-28(21-25)11-15-34(39-35)24-17-19-38-20-18-24/h1-23H. The summed E-state index contributed by atoms with van der Waals surface area (Å²) < 4.78 is 0. The average molecular weight is 510 g/mol. The number of nitrogens with zero attached hydrogens (tertiary/aromatic N) is 3. The molecule has 186 valence electrons. The fraction of sp³-hybridized carbons (Fsp3) is 0. The lowest BCUT2D eigenvalue weighted by Crippen LogP contribution is -1.89. The van der Waals surface area contributed by atoms with Crippen molar-refractivity contribution in [3.8, 4) is 33.6 Å². The number of hydrogen-bond donors (Lipinski definition) is 0. The molecule has 0 spiro atoms. The Kier molecular flexibility index (Phi) is 5.14. The topological polar surface area (TPSA) is 38.7 Å². The van der Waals surface area contributed by atoms with Gasteiger partial charge in [-0.3, -0.25) is 4.98 Å². The van der Waals surface area contributed by atoms with Crippen LogP contribution in [0.1, 0.15) is 0 Å². The summed E-state index contributed by atoms with van der Waals surface area (Å²) in [4.78, 5) is 14.1. The first kappa shape index (κ1) is 22.6. The van der Waals surface area contributed by atoms with E-state index in [1.807, 2.05) is 12.1 Å². The van der Waals surface area contributed by atoms with Crippen LogP contribution in [0.4, 0.5) is 0 Å². The molecule has 8 rings (SSSR count). The molecule has 0 aliphatic rings. The molecule has 5 aromatic carbocycles. The summed E-state index contributed by atoms with van der Waals surface area (Å²) in [5.41, 5.74) is 8.47. The predicted octanol–water partition coefficient (Wildman–Crippen LogP) is 9.49. The second-order valence-corrected chi connectivity index (χ2v) is 10.1. The van der Waals surface area contributed by atoms with Crippen LogP contribution in [0, 0.1) is 0 Å². The van der Waals surface area contributed by atoms with Gasteiger partial charge in [-0.1, -0.05) is 72.8 Å². The molecule has 0 bridgehead atoms. The second kappa shape index (κ2) is 9.11. The second-order valence-electron chi connectivity index (χ2n) is 10.1. The number of benzene rings is 5. The monoisotopic (exact) mass is 509 g/mol. The Morgan fingerprint density at radius 2 is 0.975 bits per heavy atom. The van der Waals surface area contributed by atoms with Crippen molar-refractivity contribution in [1.82, 2.24) is 15.0 Å². The quantitative estimate of drug-likeness (QED) is 0.223. The summed E-state index contributed by atoms with van der Waals surface area (Å²) in [6.07, 6.45) is 3.59. The fourth-order valence-electron chi connectivity index (χ4n) is 5.71. The van der Waals surface area contributed by atoms with Crippen LogP contribution in [0.3, 0.4) is 0 Å². The highest BCUT2D eigenvalue weighted by Crippen LogP contribution is 2.35. The molecular formula is C37H23N3. The third kappa shape index (κ3) is 3.79. The molecule has 3 aromatic heterocycles. The minimum atomic E-state index is 0.953. The maximum atomic E-state index is 5.11. The maximum Gasteiger partial charge on any atom is 0.0716 e. The van der Waals surface area contributed by atoms with Crippen molar-refractivity contribution < 1.29 is 0 Å². The van der Waals surface area contributed by atoms with Crippen LogP contribution in [0.25, 0.3) is 77.0 Å². The summed E-state index contributed by atoms with van der Waals surface area (Å²) in [5.74, 6) is 0. The molecule has 40 heavy (non-hydrogen) atoms. The normalized spacial score (nSPS) is 11.5. The molecule has 0 atom stereocenters. The average Bonchev–Trinajstić information content (AvgIpc) is 3.04. The van der Waals surface area contributed by atoms with E-state index in [-0.39, 0.29) is 0 Å². The molecule has 0 aliphatic carbocycles. The van der Waals surface area contributed by atoms with Gasteiger partial charge >= 0.3 is 0 Å². The third-order valence-electron chi connectivity index (χ3n) is 7.73. The van der Waals surface area contributed by atoms with E-state index in [2.05, 4.69) is 120 Å². The molecule has 3 heteroatoms. The highest BCUT2D eigenvalue weighted by atomic mass is 14.7. The van der Waals surface area contributed by atoms with Gasteiger partial charge in [0.15, 0.2) is 0 Å². The number of rotatable bonds is 3. The SMILES string of the molecule is c1ccc2c(c1)cc(-c1ccc3cc(-c4ccc5nc(-c6ccncc6)ccc5c4)ccc3n1)c1ccccc12. The molecule has 8 aromatic rings. The highest BCUT2D eigenvalue weighted by Gasteiger charge is 2.11. The molecule has 0 radical (unpaired) electrons. The summed E-state index contributed by atoms with van der Waals surface area (Å²) in [6.45, 7) is 0. The zero-order valence-electron chi connectivity index (χ0n) is 21.6. The smallest absolute Gasteiger partial charge is 0.0716 e. The van der Waals surface area contributed by atoms with Gasteiger partial charge in [-0.05, 0) is 87.3 Å². The van der Waals surface area contributed by atoms with Gasteiger partial charge in [0.2, 0.25) is 0 Å². The molecule has 0 amide bonds. The van der Waals surface area contributed by atoms with Crippen molar-refractivity contribution in [3.63, 3.8) is 0 Å². The Bertz CT molecular complexity index is 2220. The maximum absolute atomic E-state index is 5.11. The lowest BCUT2D eigenvalue weighted by molar-refractivity contribution is 1.31. The van der Waals surface area contributed by atoms with Crippen molar-refractivity contribution in [3.05, 3.63) is 140 Å². The van der Waals surface area contributed by atoms with Crippen molar-refractivity contribution in [2.24, 2.45) is 0 Å².